The molecule has 0 unspecified atom stereocenters. The lowest BCUT2D eigenvalue weighted by molar-refractivity contribution is -0.136. The Kier molecular flexibility index (Phi) is 9.18. The molecule has 1 aliphatic heterocycles. The predicted molar refractivity (Wildman–Crippen MR) is 115 cm³/mol. The van der Waals surface area contributed by atoms with E-state index in [-0.39, 0.29) is 28.9 Å². The second-order valence-corrected chi connectivity index (χ2v) is 9.46. The van der Waals surface area contributed by atoms with E-state index in [4.69, 9.17) is 0 Å². The van der Waals surface area contributed by atoms with Gasteiger partial charge in [-0.2, -0.15) is 0 Å². The van der Waals surface area contributed by atoms with Crippen molar-refractivity contribution >= 4 is 17.6 Å². The number of nitrogens with one attached hydrogen (secondary N) is 2. The van der Waals surface area contributed by atoms with E-state index in [1.54, 1.807) is 6.08 Å². The Labute approximate surface area is 175 Å². The normalized spacial score (nSPS) is 21.5. The number of amides is 2. The molecule has 0 spiro atoms. The van der Waals surface area contributed by atoms with Gasteiger partial charge in [0.2, 0.25) is 11.8 Å². The summed E-state index contributed by atoms with van der Waals surface area (Å²) < 4.78 is 0. The summed E-state index contributed by atoms with van der Waals surface area (Å²) in [5.74, 6) is -0.0353. The third kappa shape index (κ3) is 8.19. The zero-order chi connectivity index (χ0) is 21.3. The van der Waals surface area contributed by atoms with Crippen LogP contribution >= 0.6 is 0 Å². The Morgan fingerprint density at radius 1 is 1.14 bits per heavy atom. The number of allylic oxidation sites excluding steroid dienone is 2. The Hall–Kier alpha value is -1.85. The minimum Gasteiger partial charge on any atom is -0.342 e. The smallest absolute Gasteiger partial charge is 0.243 e. The number of piperidine rings is 1. The van der Waals surface area contributed by atoms with Gasteiger partial charge in [0.15, 0.2) is 5.78 Å². The first-order valence-electron chi connectivity index (χ1n) is 11.4. The van der Waals surface area contributed by atoms with Crippen molar-refractivity contribution in [2.24, 2.45) is 11.3 Å². The van der Waals surface area contributed by atoms with Crippen LogP contribution in [0.15, 0.2) is 11.8 Å². The predicted octanol–water partition coefficient (Wildman–Crippen LogP) is 3.87. The first kappa shape index (κ1) is 23.4. The minimum absolute atomic E-state index is 0.0853. The Morgan fingerprint density at radius 2 is 1.86 bits per heavy atom. The maximum atomic E-state index is 12.6. The van der Waals surface area contributed by atoms with Crippen molar-refractivity contribution in [3.8, 4) is 0 Å². The van der Waals surface area contributed by atoms with E-state index in [9.17, 15) is 14.4 Å². The molecule has 2 rings (SSSR count). The van der Waals surface area contributed by atoms with Crippen molar-refractivity contribution in [1.29, 1.82) is 0 Å². The highest BCUT2D eigenvalue weighted by molar-refractivity contribution is 5.91. The molecule has 1 heterocycles. The highest BCUT2D eigenvalue weighted by atomic mass is 16.2. The summed E-state index contributed by atoms with van der Waals surface area (Å²) in [4.78, 5) is 38.8. The average molecular weight is 406 g/mol. The van der Waals surface area contributed by atoms with Crippen molar-refractivity contribution in [2.75, 3.05) is 13.1 Å². The summed E-state index contributed by atoms with van der Waals surface area (Å²) in [6.07, 6.45) is 12.1. The lowest BCUT2D eigenvalue weighted by atomic mass is 9.79. The lowest BCUT2D eigenvalue weighted by Crippen LogP contribution is -2.49. The molecule has 0 aromatic rings. The van der Waals surface area contributed by atoms with Crippen LogP contribution in [0.2, 0.25) is 0 Å². The molecule has 6 nitrogen and oxygen atoms in total. The Balaban J connectivity index is 1.73. The number of carbonyl (C=O) groups excluding carboxylic acids is 3. The van der Waals surface area contributed by atoms with Gasteiger partial charge in [-0.3, -0.25) is 19.8 Å². The molecule has 2 N–H and O–H groups in total. The fourth-order valence-corrected chi connectivity index (χ4v) is 4.30. The molecule has 1 aliphatic carbocycles. The third-order valence-corrected chi connectivity index (χ3v) is 5.89. The molecule has 0 bridgehead atoms. The summed E-state index contributed by atoms with van der Waals surface area (Å²) in [6.45, 7) is 7.55. The molecule has 164 valence electrons. The van der Waals surface area contributed by atoms with Gasteiger partial charge < -0.3 is 10.3 Å². The van der Waals surface area contributed by atoms with Crippen LogP contribution in [0.1, 0.15) is 91.4 Å². The Bertz CT molecular complexity index is 612. The van der Waals surface area contributed by atoms with Crippen molar-refractivity contribution < 1.29 is 14.4 Å². The van der Waals surface area contributed by atoms with Crippen molar-refractivity contribution in [2.45, 2.75) is 91.4 Å². The van der Waals surface area contributed by atoms with E-state index in [1.165, 1.54) is 25.7 Å². The molecule has 2 amide bonds. The highest BCUT2D eigenvalue weighted by Crippen LogP contribution is 2.32. The van der Waals surface area contributed by atoms with Crippen molar-refractivity contribution in [3.05, 3.63) is 11.8 Å². The fourth-order valence-electron chi connectivity index (χ4n) is 4.30. The summed E-state index contributed by atoms with van der Waals surface area (Å²) in [5, 5.41) is 0. The molecule has 0 saturated carbocycles. The summed E-state index contributed by atoms with van der Waals surface area (Å²) in [5.41, 5.74) is 6.37. The summed E-state index contributed by atoms with van der Waals surface area (Å²) >= 11 is 0. The second kappa shape index (κ2) is 11.4. The van der Waals surface area contributed by atoms with Gasteiger partial charge in [-0.25, -0.2) is 0 Å². The second-order valence-electron chi connectivity index (χ2n) is 9.46. The number of carbonyl (C=O) groups is 3. The van der Waals surface area contributed by atoms with E-state index in [2.05, 4.69) is 31.6 Å². The van der Waals surface area contributed by atoms with Crippen LogP contribution in [-0.4, -0.2) is 35.6 Å². The zero-order valence-corrected chi connectivity index (χ0v) is 18.5. The maximum absolute atomic E-state index is 12.6. The molecule has 1 atom stereocenters. The lowest BCUT2D eigenvalue weighted by Gasteiger charge is -2.33. The van der Waals surface area contributed by atoms with Gasteiger partial charge in [0, 0.05) is 37.7 Å². The van der Waals surface area contributed by atoms with Crippen molar-refractivity contribution in [3.63, 3.8) is 0 Å². The standard InChI is InChI=1S/C23H39N3O3/c1-4-5-6-7-8-9-12-21(28)26-13-10-11-18(17-26)22(29)25-24-19-14-20(27)16-23(2,3)15-19/h14,18,24H,4-13,15-17H2,1-3H3,(H,25,29)/t18-/m1/s1. The van der Waals surface area contributed by atoms with Crippen LogP contribution in [0.5, 0.6) is 0 Å². The van der Waals surface area contributed by atoms with Crippen LogP contribution in [-0.2, 0) is 14.4 Å². The molecular weight excluding hydrogens is 366 g/mol. The van der Waals surface area contributed by atoms with Gasteiger partial charge >= 0.3 is 0 Å². The quantitative estimate of drug-likeness (QED) is 0.427. The first-order chi connectivity index (χ1) is 13.8. The summed E-state index contributed by atoms with van der Waals surface area (Å²) in [7, 11) is 0. The average Bonchev–Trinajstić information content (AvgIpc) is 2.67. The number of hydrazine groups is 1. The van der Waals surface area contributed by atoms with E-state index in [0.29, 0.717) is 19.4 Å². The molecule has 0 aromatic heterocycles. The third-order valence-electron chi connectivity index (χ3n) is 5.89. The van der Waals surface area contributed by atoms with Gasteiger partial charge in [-0.05, 0) is 31.1 Å². The van der Waals surface area contributed by atoms with Crippen LogP contribution < -0.4 is 10.9 Å². The number of ketones is 1. The number of hydrogen-bond donors (Lipinski definition) is 2. The number of rotatable bonds is 10. The molecule has 6 heteroatoms. The summed E-state index contributed by atoms with van der Waals surface area (Å²) in [6, 6.07) is 0. The van der Waals surface area contributed by atoms with Gasteiger partial charge in [0.05, 0.1) is 5.92 Å². The van der Waals surface area contributed by atoms with Crippen LogP contribution in [0.25, 0.3) is 0 Å². The van der Waals surface area contributed by atoms with Gasteiger partial charge in [0.1, 0.15) is 0 Å². The largest absolute Gasteiger partial charge is 0.342 e. The molecule has 2 aliphatic rings. The van der Waals surface area contributed by atoms with E-state index in [0.717, 1.165) is 44.3 Å². The number of nitrogens with zero attached hydrogens (tertiary/aromatic N) is 1. The molecule has 29 heavy (non-hydrogen) atoms. The number of unbranched alkanes of at least 4 members (excludes halogenated alkanes) is 5. The van der Waals surface area contributed by atoms with E-state index < -0.39 is 0 Å². The molecular formula is C23H39N3O3. The molecule has 1 fully saturated rings. The van der Waals surface area contributed by atoms with Crippen LogP contribution in [0.4, 0.5) is 0 Å². The zero-order valence-electron chi connectivity index (χ0n) is 18.5. The maximum Gasteiger partial charge on any atom is 0.243 e. The number of hydrogen-bond acceptors (Lipinski definition) is 4. The minimum atomic E-state index is -0.197. The van der Waals surface area contributed by atoms with Gasteiger partial charge in [0.25, 0.3) is 0 Å². The van der Waals surface area contributed by atoms with Gasteiger partial charge in [-0.15, -0.1) is 0 Å². The monoisotopic (exact) mass is 405 g/mol. The molecule has 0 aromatic carbocycles. The number of likely N-dealkylation sites (tertiary alicyclic amines) is 1. The van der Waals surface area contributed by atoms with E-state index >= 15 is 0 Å². The van der Waals surface area contributed by atoms with E-state index in [1.807, 2.05) is 4.90 Å². The van der Waals surface area contributed by atoms with Crippen molar-refractivity contribution in [1.82, 2.24) is 15.8 Å². The van der Waals surface area contributed by atoms with Gasteiger partial charge in [-0.1, -0.05) is 52.9 Å². The van der Waals surface area contributed by atoms with Crippen LogP contribution in [0.3, 0.4) is 0 Å². The molecule has 1 saturated heterocycles. The van der Waals surface area contributed by atoms with Crippen LogP contribution in [0, 0.1) is 11.3 Å². The topological polar surface area (TPSA) is 78.5 Å². The fraction of sp³-hybridized carbons (Fsp3) is 0.783. The molecule has 0 radical (unpaired) electrons. The highest BCUT2D eigenvalue weighted by Gasteiger charge is 2.30. The SMILES string of the molecule is CCCCCCCCC(=O)N1CCC[C@@H](C(=O)NNC2=CC(=O)CC(C)(C)C2)C1. The first-order valence-corrected chi connectivity index (χ1v) is 11.4. The Morgan fingerprint density at radius 3 is 2.59 bits per heavy atom.